The van der Waals surface area contributed by atoms with Gasteiger partial charge in [0.1, 0.15) is 11.5 Å². The summed E-state index contributed by atoms with van der Waals surface area (Å²) in [6.07, 6.45) is 0. The molecule has 0 saturated carbocycles. The average molecular weight is 439 g/mol. The molecule has 7 nitrogen and oxygen atoms in total. The van der Waals surface area contributed by atoms with E-state index in [0.29, 0.717) is 26.6 Å². The Kier molecular flexibility index (Phi) is 7.26. The van der Waals surface area contributed by atoms with E-state index in [1.54, 1.807) is 42.5 Å². The van der Waals surface area contributed by atoms with Gasteiger partial charge >= 0.3 is 0 Å². The van der Waals surface area contributed by atoms with Gasteiger partial charge in [0.25, 0.3) is 11.8 Å². The first-order valence-corrected chi connectivity index (χ1v) is 8.43. The van der Waals surface area contributed by atoms with Gasteiger partial charge in [-0.15, -0.1) is 0 Å². The molecule has 0 bridgehead atoms. The highest BCUT2D eigenvalue weighted by atomic mass is 79.9. The Morgan fingerprint density at radius 2 is 1.65 bits per heavy atom. The van der Waals surface area contributed by atoms with Gasteiger partial charge in [-0.1, -0.05) is 11.6 Å². The number of carbonyl (C=O) groups is 2. The number of carbonyl (C=O) groups excluding carboxylic acids is 2. The summed E-state index contributed by atoms with van der Waals surface area (Å²) < 4.78 is 11.2. The molecule has 0 heterocycles. The number of amides is 2. The Hall–Kier alpha value is -2.76. The van der Waals surface area contributed by atoms with Crippen molar-refractivity contribution >= 4 is 39.3 Å². The van der Waals surface area contributed by atoms with Crippen LogP contribution in [0.3, 0.4) is 0 Å². The van der Waals surface area contributed by atoms with Gasteiger partial charge in [-0.05, 0) is 58.4 Å². The highest BCUT2D eigenvalue weighted by Crippen LogP contribution is 2.27. The second kappa shape index (κ2) is 9.65. The minimum atomic E-state index is -0.546. The molecule has 2 aromatic rings. The molecule has 0 aliphatic carbocycles. The molecule has 2 N–H and O–H groups in total. The predicted molar refractivity (Wildman–Crippen MR) is 97.6 cm³/mol. The van der Waals surface area contributed by atoms with Crippen molar-refractivity contribution < 1.29 is 19.1 Å². The van der Waals surface area contributed by atoms with E-state index < -0.39 is 11.8 Å². The zero-order chi connectivity index (χ0) is 18.9. The molecule has 134 valence electrons. The second-order valence-corrected chi connectivity index (χ2v) is 6.18. The Labute approximate surface area is 162 Å². The molecule has 0 fully saturated rings. The van der Waals surface area contributed by atoms with E-state index in [1.807, 2.05) is 6.07 Å². The van der Waals surface area contributed by atoms with E-state index in [9.17, 15) is 9.59 Å². The summed E-state index contributed by atoms with van der Waals surface area (Å²) in [6, 6.07) is 13.1. The molecule has 2 aromatic carbocycles. The normalized spacial score (nSPS) is 9.73. The molecule has 2 amide bonds. The first-order valence-electron chi connectivity index (χ1n) is 7.26. The maximum absolute atomic E-state index is 11.7. The lowest BCUT2D eigenvalue weighted by Gasteiger charge is -2.10. The zero-order valence-electron chi connectivity index (χ0n) is 13.3. The van der Waals surface area contributed by atoms with Gasteiger partial charge in [0, 0.05) is 5.02 Å². The number of hydrogen-bond acceptors (Lipinski definition) is 5. The lowest BCUT2D eigenvalue weighted by atomic mass is 10.2. The largest absolute Gasteiger partial charge is 0.484 e. The lowest BCUT2D eigenvalue weighted by molar-refractivity contribution is -0.131. The van der Waals surface area contributed by atoms with Crippen molar-refractivity contribution in [3.05, 3.63) is 57.5 Å². The summed E-state index contributed by atoms with van der Waals surface area (Å²) in [5, 5.41) is 9.23. The molecule has 2 rings (SSSR count). The van der Waals surface area contributed by atoms with Crippen molar-refractivity contribution in [2.75, 3.05) is 13.2 Å². The standard InChI is InChI=1S/C17H13BrClN3O4/c18-14-7-12(19)3-6-15(14)26-10-17(24)22-21-16(23)9-25-13-4-1-11(8-20)2-5-13/h1-7H,9-10H2,(H,21,23)(H,22,24). The van der Waals surface area contributed by atoms with Crippen molar-refractivity contribution in [2.24, 2.45) is 0 Å². The number of rotatable bonds is 6. The van der Waals surface area contributed by atoms with Crippen LogP contribution in [0.15, 0.2) is 46.9 Å². The van der Waals surface area contributed by atoms with Gasteiger partial charge < -0.3 is 9.47 Å². The van der Waals surface area contributed by atoms with Gasteiger partial charge in [0.05, 0.1) is 16.1 Å². The number of nitrogens with zero attached hydrogens (tertiary/aromatic N) is 1. The second-order valence-electron chi connectivity index (χ2n) is 4.88. The lowest BCUT2D eigenvalue weighted by Crippen LogP contribution is -2.45. The summed E-state index contributed by atoms with van der Waals surface area (Å²) in [7, 11) is 0. The first kappa shape index (κ1) is 19.6. The predicted octanol–water partition coefficient (Wildman–Crippen LogP) is 2.58. The van der Waals surface area contributed by atoms with E-state index in [2.05, 4.69) is 26.8 Å². The Bertz CT molecular complexity index is 837. The first-order chi connectivity index (χ1) is 12.5. The van der Waals surface area contributed by atoms with Crippen LogP contribution >= 0.6 is 27.5 Å². The third kappa shape index (κ3) is 6.27. The Morgan fingerprint density at radius 1 is 1.04 bits per heavy atom. The summed E-state index contributed by atoms with van der Waals surface area (Å²) in [5.41, 5.74) is 4.90. The van der Waals surface area contributed by atoms with Crippen LogP contribution in [0.1, 0.15) is 5.56 Å². The molecule has 9 heteroatoms. The van der Waals surface area contributed by atoms with E-state index in [4.69, 9.17) is 26.3 Å². The van der Waals surface area contributed by atoms with Crippen LogP contribution in [0.4, 0.5) is 0 Å². The van der Waals surface area contributed by atoms with Crippen LogP contribution in [-0.2, 0) is 9.59 Å². The SMILES string of the molecule is N#Cc1ccc(OCC(=O)NNC(=O)COc2ccc(Cl)cc2Br)cc1. The average Bonchev–Trinajstić information content (AvgIpc) is 2.64. The maximum atomic E-state index is 11.7. The number of nitriles is 1. The van der Waals surface area contributed by atoms with Crippen LogP contribution in [-0.4, -0.2) is 25.0 Å². The highest BCUT2D eigenvalue weighted by molar-refractivity contribution is 9.10. The number of ether oxygens (including phenoxy) is 2. The quantitative estimate of drug-likeness (QED) is 0.675. The van der Waals surface area contributed by atoms with Crippen LogP contribution in [0.5, 0.6) is 11.5 Å². The zero-order valence-corrected chi connectivity index (χ0v) is 15.6. The maximum Gasteiger partial charge on any atom is 0.276 e. The highest BCUT2D eigenvalue weighted by Gasteiger charge is 2.08. The third-order valence-corrected chi connectivity index (χ3v) is 3.80. The van der Waals surface area contributed by atoms with Gasteiger partial charge in [-0.2, -0.15) is 5.26 Å². The van der Waals surface area contributed by atoms with Crippen LogP contribution < -0.4 is 20.3 Å². The molecule has 0 aliphatic rings. The molecule has 0 radical (unpaired) electrons. The molecule has 0 saturated heterocycles. The van der Waals surface area contributed by atoms with Gasteiger partial charge in [-0.3, -0.25) is 20.4 Å². The molecule has 0 aromatic heterocycles. The smallest absolute Gasteiger partial charge is 0.276 e. The summed E-state index contributed by atoms with van der Waals surface area (Å²) in [6.45, 7) is -0.591. The number of halogens is 2. The molecule has 0 aliphatic heterocycles. The number of hydrogen-bond donors (Lipinski definition) is 2. The van der Waals surface area contributed by atoms with Gasteiger partial charge in [0.2, 0.25) is 0 Å². The monoisotopic (exact) mass is 437 g/mol. The van der Waals surface area contributed by atoms with Crippen molar-refractivity contribution in [3.8, 4) is 17.6 Å². The number of nitrogens with one attached hydrogen (secondary N) is 2. The fourth-order valence-corrected chi connectivity index (χ4v) is 2.52. The van der Waals surface area contributed by atoms with Crippen molar-refractivity contribution in [1.29, 1.82) is 5.26 Å². The van der Waals surface area contributed by atoms with Gasteiger partial charge in [0.15, 0.2) is 13.2 Å². The molecular formula is C17H13BrClN3O4. The Morgan fingerprint density at radius 3 is 2.23 bits per heavy atom. The summed E-state index contributed by atoms with van der Waals surface area (Å²) in [4.78, 5) is 23.3. The van der Waals surface area contributed by atoms with E-state index in [0.717, 1.165) is 0 Å². The van der Waals surface area contributed by atoms with Crippen LogP contribution in [0.2, 0.25) is 5.02 Å². The van der Waals surface area contributed by atoms with Crippen molar-refractivity contribution in [1.82, 2.24) is 10.9 Å². The number of hydrazine groups is 1. The molecule has 0 spiro atoms. The van der Waals surface area contributed by atoms with Crippen molar-refractivity contribution in [2.45, 2.75) is 0 Å². The summed E-state index contributed by atoms with van der Waals surface area (Å²) in [5.74, 6) is -0.213. The molecule has 26 heavy (non-hydrogen) atoms. The topological polar surface area (TPSA) is 100 Å². The van der Waals surface area contributed by atoms with E-state index in [1.165, 1.54) is 0 Å². The van der Waals surface area contributed by atoms with Crippen LogP contribution in [0.25, 0.3) is 0 Å². The van der Waals surface area contributed by atoms with Crippen molar-refractivity contribution in [3.63, 3.8) is 0 Å². The third-order valence-electron chi connectivity index (χ3n) is 2.95. The minimum Gasteiger partial charge on any atom is -0.484 e. The summed E-state index contributed by atoms with van der Waals surface area (Å²) >= 11 is 9.08. The van der Waals surface area contributed by atoms with E-state index in [-0.39, 0.29) is 13.2 Å². The minimum absolute atomic E-state index is 0.295. The fraction of sp³-hybridized carbons (Fsp3) is 0.118. The van der Waals surface area contributed by atoms with E-state index >= 15 is 0 Å². The van der Waals surface area contributed by atoms with Crippen LogP contribution in [0, 0.1) is 11.3 Å². The number of benzene rings is 2. The molecular weight excluding hydrogens is 426 g/mol. The Balaban J connectivity index is 1.69. The fourth-order valence-electron chi connectivity index (χ4n) is 1.72. The van der Waals surface area contributed by atoms with Gasteiger partial charge in [-0.25, -0.2) is 0 Å². The molecule has 0 unspecified atom stereocenters. The molecule has 0 atom stereocenters.